The maximum Gasteiger partial charge on any atom is 0.252 e. The summed E-state index contributed by atoms with van der Waals surface area (Å²) in [6.07, 6.45) is -0.195. The third kappa shape index (κ3) is 27.1. The number of aliphatic hydroxyl groups is 2. The summed E-state index contributed by atoms with van der Waals surface area (Å²) in [6.45, 7) is 6.06. The molecule has 12 amide bonds. The second-order valence-electron chi connectivity index (χ2n) is 27.3. The molecule has 3 aromatic carbocycles. The Balaban J connectivity index is 1.25. The first-order valence-electron chi connectivity index (χ1n) is 36.9. The Hall–Kier alpha value is -10.6. The van der Waals surface area contributed by atoms with Crippen LogP contribution in [-0.4, -0.2) is 221 Å². The fourth-order valence-corrected chi connectivity index (χ4v) is 12.9. The van der Waals surface area contributed by atoms with Gasteiger partial charge in [-0.15, -0.1) is 0 Å². The van der Waals surface area contributed by atoms with Crippen molar-refractivity contribution in [1.29, 1.82) is 0 Å². The van der Waals surface area contributed by atoms with Gasteiger partial charge in [-0.25, -0.2) is 0 Å². The summed E-state index contributed by atoms with van der Waals surface area (Å²) in [6, 6.07) is 10.6. The van der Waals surface area contributed by atoms with Gasteiger partial charge in [0.05, 0.1) is 34.7 Å². The minimum Gasteiger partial charge on any atom is -0.391 e. The van der Waals surface area contributed by atoms with E-state index < -0.39 is 169 Å². The van der Waals surface area contributed by atoms with Gasteiger partial charge in [-0.2, -0.15) is 9.78 Å². The highest BCUT2D eigenvalue weighted by atomic mass is 32.2. The number of aromatic nitrogens is 3. The van der Waals surface area contributed by atoms with Gasteiger partial charge in [0.25, 0.3) is 11.8 Å². The molecule has 13 atom stereocenters. The van der Waals surface area contributed by atoms with Crippen molar-refractivity contribution in [2.45, 2.75) is 181 Å². The zero-order chi connectivity index (χ0) is 81.4. The third-order valence-corrected chi connectivity index (χ3v) is 19.1. The molecule has 1 unspecified atom stereocenters. The summed E-state index contributed by atoms with van der Waals surface area (Å²) >= 11 is 1.28. The highest BCUT2D eigenvalue weighted by molar-refractivity contribution is 7.99. The number of benzene rings is 3. The van der Waals surface area contributed by atoms with E-state index in [1.54, 1.807) is 97.2 Å². The van der Waals surface area contributed by atoms with Crippen LogP contribution in [0.4, 0.5) is 0 Å². The monoisotopic (exact) mass is 1560 g/mol. The quantitative estimate of drug-likeness (QED) is 0.0209. The molecule has 1 saturated heterocycles. The van der Waals surface area contributed by atoms with Crippen LogP contribution in [0, 0.1) is 11.8 Å². The minimum absolute atomic E-state index is 0.00695. The maximum absolute atomic E-state index is 14.8. The summed E-state index contributed by atoms with van der Waals surface area (Å²) in [5.41, 5.74) is 32.1. The van der Waals surface area contributed by atoms with Gasteiger partial charge in [-0.3, -0.25) is 67.3 Å². The molecule has 111 heavy (non-hydrogen) atoms. The molecule has 602 valence electrons. The highest BCUT2D eigenvalue weighted by Gasteiger charge is 2.38. The van der Waals surface area contributed by atoms with Crippen molar-refractivity contribution in [2.24, 2.45) is 40.5 Å². The van der Waals surface area contributed by atoms with Crippen LogP contribution in [0.15, 0.2) is 107 Å². The van der Waals surface area contributed by atoms with E-state index >= 15 is 0 Å². The van der Waals surface area contributed by atoms with Crippen LogP contribution in [0.5, 0.6) is 0 Å². The number of pyridine rings is 1. The number of fused-ring (bicyclic) bond motifs is 1. The first-order valence-corrected chi connectivity index (χ1v) is 37.7. The number of hydrogen-bond donors (Lipinski definition) is 19. The number of rotatable bonds is 32. The average molecular weight is 1560 g/mol. The predicted octanol–water partition coefficient (Wildman–Crippen LogP) is -2.67. The van der Waals surface area contributed by atoms with Crippen LogP contribution in [0.25, 0.3) is 23.1 Å². The molecular formula is C75H106N20O15S. The van der Waals surface area contributed by atoms with Crippen molar-refractivity contribution in [3.05, 3.63) is 120 Å². The smallest absolute Gasteiger partial charge is 0.252 e. The Morgan fingerprint density at radius 1 is 0.595 bits per heavy atom. The van der Waals surface area contributed by atoms with Gasteiger partial charge in [-0.1, -0.05) is 81.1 Å². The first kappa shape index (κ1) is 89.3. The Morgan fingerprint density at radius 2 is 1.15 bits per heavy atom. The van der Waals surface area contributed by atoms with Crippen LogP contribution in [-0.2, 0) is 59.2 Å². The molecule has 1 aliphatic rings. The molecule has 1 aliphatic heterocycles. The molecule has 1 fully saturated rings. The molecule has 0 spiro atoms. The first-order chi connectivity index (χ1) is 53.0. The standard InChI is InChI=1S/C75H106N20O15S/c1-41(2)19-23-51-65(100)86-53(26-32-77)66(101)88-56(29-35-80)71(106)92-62(43(4)96)73(108)83-37-30-57(69(104)87-54(27-33-78)68(103)91-58(72(107)85-51)39-45-14-8-7-9-15-45)89-67(102)55(28-34-79)90-74(109)63(44(5)97)93-70(105)52(25-31-76)84-61(98)38-42(3)75(110)95-59-40-47(111-60-18-11-10-17-49(60)64(99)81-6)21-22-48(59)50(94-95)24-20-46-16-12-13-36-82-46/h7-18,20-22,24,36,40-44,51-58,62-63,96-97H,19,23,25-35,37-39,76-80H2,1-6H3,(H,81,99)(H,83,108)(H,84,98)(H,85,107)(H,86,100)(H,87,104)(H,88,101)(H,89,102)(H,90,109)(H,91,103)(H,92,106)(H,93,105)/b24-20+/t42?,43-,44-,51+,52+,53+,54+,55+,56+,57+,58-,62+,63+/m1/s1. The van der Waals surface area contributed by atoms with Gasteiger partial charge >= 0.3 is 0 Å². The number of carbonyl (C=O) groups excluding carboxylic acids is 13. The van der Waals surface area contributed by atoms with E-state index in [9.17, 15) is 72.5 Å². The predicted molar refractivity (Wildman–Crippen MR) is 414 cm³/mol. The maximum atomic E-state index is 14.8. The van der Waals surface area contributed by atoms with Gasteiger partial charge in [0, 0.05) is 53.7 Å². The Labute approximate surface area is 647 Å². The number of nitrogens with zero attached hydrogens (tertiary/aromatic N) is 3. The van der Waals surface area contributed by atoms with E-state index in [-0.39, 0.29) is 89.5 Å². The second kappa shape index (κ2) is 44.9. The highest BCUT2D eigenvalue weighted by Crippen LogP contribution is 2.34. The summed E-state index contributed by atoms with van der Waals surface area (Å²) in [5, 5.41) is 58.0. The number of amides is 12. The lowest BCUT2D eigenvalue weighted by Gasteiger charge is -2.29. The average Bonchev–Trinajstić information content (AvgIpc) is 1.63. The summed E-state index contributed by atoms with van der Waals surface area (Å²) in [4.78, 5) is 191. The van der Waals surface area contributed by atoms with E-state index in [0.717, 1.165) is 6.92 Å². The van der Waals surface area contributed by atoms with Crippen LogP contribution in [0.3, 0.4) is 0 Å². The summed E-state index contributed by atoms with van der Waals surface area (Å²) < 4.78 is 1.18. The third-order valence-electron chi connectivity index (χ3n) is 18.0. The lowest BCUT2D eigenvalue weighted by Crippen LogP contribution is -2.62. The Bertz CT molecular complexity index is 4050. The zero-order valence-corrected chi connectivity index (χ0v) is 63.9. The summed E-state index contributed by atoms with van der Waals surface area (Å²) in [5.74, 6) is -12.6. The van der Waals surface area contributed by atoms with Crippen molar-refractivity contribution >= 4 is 112 Å². The number of nitrogens with two attached hydrogens (primary N) is 5. The molecule has 0 saturated carbocycles. The molecule has 2 aromatic heterocycles. The fraction of sp³-hybridized carbons (Fsp3) is 0.480. The SMILES string of the molecule is CNC(=O)c1ccccc1Sc1ccc2c(/C=C/c3ccccn3)nn(C(=O)C(C)CC(=O)N[C@@H](CCN)C(=O)N[C@H](C(=O)N[C@@H](CCN)C(=O)N[C@H]3CCNC(=O)[C@H]([C@@H](C)O)NC(=O)[C@H](CCN)NC(=O)[C@H](CCN)NC(=O)[C@H](CCC(C)C)NC(=O)[C@@H](Cc4ccccc4)NC(=O)[C@H](CCN)NC3=O)[C@@H](C)O)c2c1. The largest absolute Gasteiger partial charge is 0.391 e. The van der Waals surface area contributed by atoms with Gasteiger partial charge in [-0.05, 0) is 164 Å². The number of carbonyl (C=O) groups is 13. The lowest BCUT2D eigenvalue weighted by atomic mass is 10.00. The van der Waals surface area contributed by atoms with Gasteiger partial charge in [0.1, 0.15) is 60.4 Å². The number of nitrogens with one attached hydrogen (secondary N) is 12. The normalized spacial score (nSPS) is 20.3. The molecule has 0 radical (unpaired) electrons. The molecule has 0 bridgehead atoms. The van der Waals surface area contributed by atoms with Crippen LogP contribution in [0.2, 0.25) is 0 Å². The molecular weight excluding hydrogens is 1450 g/mol. The molecule has 36 heteroatoms. The molecule has 6 rings (SSSR count). The van der Waals surface area contributed by atoms with Crippen LogP contribution < -0.4 is 92.5 Å². The molecule has 0 aliphatic carbocycles. The van der Waals surface area contributed by atoms with E-state index in [1.165, 1.54) is 37.3 Å². The number of hydrogen-bond acceptors (Lipinski definition) is 23. The Kier molecular flexibility index (Phi) is 36.1. The summed E-state index contributed by atoms with van der Waals surface area (Å²) in [7, 11) is 1.52. The van der Waals surface area contributed by atoms with E-state index in [2.05, 4.69) is 73.9 Å². The van der Waals surface area contributed by atoms with Crippen LogP contribution >= 0.6 is 11.8 Å². The van der Waals surface area contributed by atoms with Gasteiger partial charge in [0.15, 0.2) is 0 Å². The fourth-order valence-electron chi connectivity index (χ4n) is 11.9. The van der Waals surface area contributed by atoms with Crippen molar-refractivity contribution < 1.29 is 72.5 Å². The molecule has 3 heterocycles. The van der Waals surface area contributed by atoms with E-state index in [4.69, 9.17) is 28.7 Å². The van der Waals surface area contributed by atoms with E-state index in [1.807, 2.05) is 26.0 Å². The van der Waals surface area contributed by atoms with E-state index in [0.29, 0.717) is 49.6 Å². The van der Waals surface area contributed by atoms with Crippen LogP contribution in [0.1, 0.15) is 125 Å². The minimum atomic E-state index is -1.86. The van der Waals surface area contributed by atoms with Gasteiger partial charge < -0.3 is 103 Å². The Morgan fingerprint density at radius 3 is 1.72 bits per heavy atom. The van der Waals surface area contributed by atoms with Crippen molar-refractivity contribution in [3.8, 4) is 0 Å². The topological polar surface area (TPSA) is 568 Å². The van der Waals surface area contributed by atoms with Crippen molar-refractivity contribution in [3.63, 3.8) is 0 Å². The molecule has 24 N–H and O–H groups in total. The molecule has 35 nitrogen and oxygen atoms in total. The zero-order valence-electron chi connectivity index (χ0n) is 63.1. The van der Waals surface area contributed by atoms with Gasteiger partial charge in [0.2, 0.25) is 65.0 Å². The lowest BCUT2D eigenvalue weighted by molar-refractivity contribution is -0.137. The van der Waals surface area contributed by atoms with Crippen molar-refractivity contribution in [2.75, 3.05) is 46.3 Å². The van der Waals surface area contributed by atoms with Crippen molar-refractivity contribution in [1.82, 2.24) is 78.6 Å². The number of aliphatic hydroxyl groups excluding tert-OH is 2. The molecule has 5 aromatic rings. The second-order valence-corrected chi connectivity index (χ2v) is 28.4.